The van der Waals surface area contributed by atoms with Crippen LogP contribution in [-0.2, 0) is 5.33 Å². The molecule has 0 radical (unpaired) electrons. The summed E-state index contributed by atoms with van der Waals surface area (Å²) >= 11 is 3.35. The van der Waals surface area contributed by atoms with Crippen LogP contribution in [0.15, 0.2) is 48.5 Å². The number of benzene rings is 2. The molecule has 0 aliphatic carbocycles. The van der Waals surface area contributed by atoms with Crippen molar-refractivity contribution in [3.63, 3.8) is 0 Å². The van der Waals surface area contributed by atoms with E-state index in [-0.39, 0.29) is 11.6 Å². The molecule has 2 nitrogen and oxygen atoms in total. The zero-order valence-electron chi connectivity index (χ0n) is 11.4. The second-order valence-corrected chi connectivity index (χ2v) is 5.31. The highest BCUT2D eigenvalue weighted by Crippen LogP contribution is 2.33. The van der Waals surface area contributed by atoms with Gasteiger partial charge in [0.1, 0.15) is 5.52 Å². The molecule has 0 amide bonds. The summed E-state index contributed by atoms with van der Waals surface area (Å²) in [6.45, 7) is 1.92. The number of nitrogens with zero attached hydrogens (tertiary/aromatic N) is 1. The Morgan fingerprint density at radius 3 is 2.71 bits per heavy atom. The second kappa shape index (κ2) is 5.82. The molecular formula is C17H13BrFNO. The Bertz CT molecular complexity index is 804. The van der Waals surface area contributed by atoms with E-state index in [9.17, 15) is 4.39 Å². The summed E-state index contributed by atoms with van der Waals surface area (Å²) in [7, 11) is 0. The fraction of sp³-hybridized carbons (Fsp3) is 0.118. The summed E-state index contributed by atoms with van der Waals surface area (Å²) in [4.78, 5) is 4.50. The van der Waals surface area contributed by atoms with E-state index < -0.39 is 0 Å². The summed E-state index contributed by atoms with van der Waals surface area (Å²) < 4.78 is 19.9. The SMILES string of the molecule is Cc1ccc2cccc(Oc3c(F)cccc3CBr)c2n1. The predicted molar refractivity (Wildman–Crippen MR) is 85.6 cm³/mol. The Hall–Kier alpha value is -1.94. The van der Waals surface area contributed by atoms with Gasteiger partial charge in [0.2, 0.25) is 0 Å². The fourth-order valence-corrected chi connectivity index (χ4v) is 2.62. The lowest BCUT2D eigenvalue weighted by atomic mass is 10.2. The van der Waals surface area contributed by atoms with Crippen molar-refractivity contribution in [2.45, 2.75) is 12.3 Å². The van der Waals surface area contributed by atoms with Crippen molar-refractivity contribution in [2.75, 3.05) is 0 Å². The first-order valence-electron chi connectivity index (χ1n) is 6.56. The maximum absolute atomic E-state index is 14.0. The van der Waals surface area contributed by atoms with Gasteiger partial charge in [-0.2, -0.15) is 0 Å². The molecule has 106 valence electrons. The van der Waals surface area contributed by atoms with E-state index in [1.165, 1.54) is 6.07 Å². The molecule has 0 fully saturated rings. The number of fused-ring (bicyclic) bond motifs is 1. The first-order chi connectivity index (χ1) is 10.2. The first-order valence-corrected chi connectivity index (χ1v) is 7.69. The molecule has 0 saturated carbocycles. The number of para-hydroxylation sites is 2. The Balaban J connectivity index is 2.13. The maximum atomic E-state index is 14.0. The third kappa shape index (κ3) is 2.76. The highest BCUT2D eigenvalue weighted by atomic mass is 79.9. The molecule has 2 aromatic carbocycles. The molecule has 0 bridgehead atoms. The minimum absolute atomic E-state index is 0.241. The van der Waals surface area contributed by atoms with Crippen LogP contribution in [0.1, 0.15) is 11.3 Å². The van der Waals surface area contributed by atoms with Crippen LogP contribution in [0.3, 0.4) is 0 Å². The molecular weight excluding hydrogens is 333 g/mol. The Labute approximate surface area is 130 Å². The number of halogens is 2. The van der Waals surface area contributed by atoms with Crippen molar-refractivity contribution >= 4 is 26.8 Å². The Kier molecular flexibility index (Phi) is 3.88. The fourth-order valence-electron chi connectivity index (χ4n) is 2.18. The number of alkyl halides is 1. The summed E-state index contributed by atoms with van der Waals surface area (Å²) in [5, 5.41) is 1.49. The minimum atomic E-state index is -0.378. The van der Waals surface area contributed by atoms with Crippen molar-refractivity contribution in [2.24, 2.45) is 0 Å². The highest BCUT2D eigenvalue weighted by Gasteiger charge is 2.12. The summed E-state index contributed by atoms with van der Waals surface area (Å²) in [6, 6.07) is 14.5. The Morgan fingerprint density at radius 1 is 1.10 bits per heavy atom. The lowest BCUT2D eigenvalue weighted by Gasteiger charge is -2.12. The first kappa shape index (κ1) is 14.0. The number of aromatic nitrogens is 1. The summed E-state index contributed by atoms with van der Waals surface area (Å²) in [5.41, 5.74) is 2.40. The van der Waals surface area contributed by atoms with Gasteiger partial charge in [-0.05, 0) is 25.1 Å². The quantitative estimate of drug-likeness (QED) is 0.595. The summed E-state index contributed by atoms with van der Waals surface area (Å²) in [5.74, 6) is 0.422. The molecule has 21 heavy (non-hydrogen) atoms. The second-order valence-electron chi connectivity index (χ2n) is 4.74. The number of hydrogen-bond acceptors (Lipinski definition) is 2. The molecule has 1 aromatic heterocycles. The third-order valence-corrected chi connectivity index (χ3v) is 3.83. The topological polar surface area (TPSA) is 22.1 Å². The van der Waals surface area contributed by atoms with Crippen LogP contribution in [0.2, 0.25) is 0 Å². The van der Waals surface area contributed by atoms with Gasteiger partial charge < -0.3 is 4.74 Å². The van der Waals surface area contributed by atoms with Gasteiger partial charge in [-0.15, -0.1) is 0 Å². The molecule has 0 unspecified atom stereocenters. The van der Waals surface area contributed by atoms with Crippen molar-refractivity contribution in [1.29, 1.82) is 0 Å². The van der Waals surface area contributed by atoms with E-state index >= 15 is 0 Å². The van der Waals surface area contributed by atoms with Crippen LogP contribution in [0.5, 0.6) is 11.5 Å². The molecule has 0 atom stereocenters. The lowest BCUT2D eigenvalue weighted by molar-refractivity contribution is 0.441. The van der Waals surface area contributed by atoms with Crippen LogP contribution < -0.4 is 4.74 Å². The van der Waals surface area contributed by atoms with Gasteiger partial charge in [0.05, 0.1) is 0 Å². The van der Waals surface area contributed by atoms with Crippen LogP contribution in [0.25, 0.3) is 10.9 Å². The van der Waals surface area contributed by atoms with E-state index in [0.29, 0.717) is 11.1 Å². The van der Waals surface area contributed by atoms with Crippen LogP contribution >= 0.6 is 15.9 Å². The van der Waals surface area contributed by atoms with Crippen LogP contribution in [0, 0.1) is 12.7 Å². The molecule has 1 heterocycles. The Morgan fingerprint density at radius 2 is 1.90 bits per heavy atom. The van der Waals surface area contributed by atoms with Gasteiger partial charge >= 0.3 is 0 Å². The predicted octanol–water partition coefficient (Wildman–Crippen LogP) is 5.37. The van der Waals surface area contributed by atoms with Gasteiger partial charge in [-0.25, -0.2) is 9.37 Å². The number of ether oxygens (including phenoxy) is 1. The number of rotatable bonds is 3. The minimum Gasteiger partial charge on any atom is -0.452 e. The zero-order chi connectivity index (χ0) is 14.8. The normalized spacial score (nSPS) is 10.8. The summed E-state index contributed by atoms with van der Waals surface area (Å²) in [6.07, 6.45) is 0. The average molecular weight is 346 g/mol. The molecule has 0 spiro atoms. The number of pyridine rings is 1. The molecule has 4 heteroatoms. The van der Waals surface area contributed by atoms with E-state index in [1.807, 2.05) is 37.3 Å². The van der Waals surface area contributed by atoms with Crippen molar-refractivity contribution in [1.82, 2.24) is 4.98 Å². The van der Waals surface area contributed by atoms with Gasteiger partial charge in [-0.3, -0.25) is 0 Å². The standard InChI is InChI=1S/C17H13BrFNO/c1-11-8-9-12-4-3-7-15(16(12)20-11)21-17-13(10-18)5-2-6-14(17)19/h2-9H,10H2,1H3. The molecule has 3 rings (SSSR count). The van der Waals surface area contributed by atoms with Crippen molar-refractivity contribution in [3.05, 3.63) is 65.6 Å². The van der Waals surface area contributed by atoms with E-state index in [0.717, 1.165) is 22.2 Å². The average Bonchev–Trinajstić information content (AvgIpc) is 2.49. The molecule has 0 aliphatic heterocycles. The van der Waals surface area contributed by atoms with Gasteiger partial charge in [0, 0.05) is 22.0 Å². The van der Waals surface area contributed by atoms with Gasteiger partial charge in [0.15, 0.2) is 17.3 Å². The van der Waals surface area contributed by atoms with Crippen molar-refractivity contribution < 1.29 is 9.13 Å². The zero-order valence-corrected chi connectivity index (χ0v) is 13.0. The molecule has 0 saturated heterocycles. The molecule has 0 aliphatic rings. The number of aryl methyl sites for hydroxylation is 1. The van der Waals surface area contributed by atoms with E-state index in [2.05, 4.69) is 20.9 Å². The third-order valence-electron chi connectivity index (χ3n) is 3.23. The van der Waals surface area contributed by atoms with E-state index in [1.54, 1.807) is 12.1 Å². The molecule has 3 aromatic rings. The highest BCUT2D eigenvalue weighted by molar-refractivity contribution is 9.08. The van der Waals surface area contributed by atoms with Crippen molar-refractivity contribution in [3.8, 4) is 11.5 Å². The van der Waals surface area contributed by atoms with Crippen LogP contribution in [-0.4, -0.2) is 4.98 Å². The monoisotopic (exact) mass is 345 g/mol. The van der Waals surface area contributed by atoms with E-state index in [4.69, 9.17) is 4.74 Å². The number of hydrogen-bond donors (Lipinski definition) is 0. The largest absolute Gasteiger partial charge is 0.452 e. The maximum Gasteiger partial charge on any atom is 0.167 e. The van der Waals surface area contributed by atoms with Gasteiger partial charge in [-0.1, -0.05) is 46.3 Å². The van der Waals surface area contributed by atoms with Gasteiger partial charge in [0.25, 0.3) is 0 Å². The van der Waals surface area contributed by atoms with Crippen LogP contribution in [0.4, 0.5) is 4.39 Å². The smallest absolute Gasteiger partial charge is 0.167 e. The molecule has 0 N–H and O–H groups in total. The lowest BCUT2D eigenvalue weighted by Crippen LogP contribution is -1.95.